The molecule has 5 aliphatic rings. The molecular formula is C21H33N6O7P. The fourth-order valence-corrected chi connectivity index (χ4v) is 6.22. The lowest BCUT2D eigenvalue weighted by Crippen LogP contribution is -2.68. The third kappa shape index (κ3) is 4.49. The van der Waals surface area contributed by atoms with Gasteiger partial charge in [0.05, 0.1) is 12.9 Å². The zero-order valence-electron chi connectivity index (χ0n) is 19.3. The van der Waals surface area contributed by atoms with Crippen LogP contribution in [0.1, 0.15) is 51.4 Å². The van der Waals surface area contributed by atoms with E-state index in [2.05, 4.69) is 9.52 Å². The first-order chi connectivity index (χ1) is 16.5. The monoisotopic (exact) mass is 512 g/mol. The smallest absolute Gasteiger partial charge is 0.387 e. The summed E-state index contributed by atoms with van der Waals surface area (Å²) in [6.07, 6.45) is 4.94. The molecule has 0 saturated carbocycles. The van der Waals surface area contributed by atoms with E-state index in [-0.39, 0.29) is 0 Å². The molecule has 0 aliphatic carbocycles. The SMILES string of the molecule is NC1=NC23C=NC4C(=C1N=CN(C1OC(COP(=O)(O)O)C(O)C1O)C4(N)CCCCCCC2)C3. The van der Waals surface area contributed by atoms with Gasteiger partial charge in [-0.2, -0.15) is 0 Å². The van der Waals surface area contributed by atoms with Crippen molar-refractivity contribution in [2.45, 2.75) is 93.1 Å². The van der Waals surface area contributed by atoms with Crippen LogP contribution in [-0.4, -0.2) is 91.7 Å². The number of hydrogen-bond donors (Lipinski definition) is 6. The first-order valence-corrected chi connectivity index (χ1v) is 13.5. The third-order valence-corrected chi connectivity index (χ3v) is 8.14. The van der Waals surface area contributed by atoms with Crippen molar-refractivity contribution in [3.8, 4) is 0 Å². The molecule has 194 valence electrons. The molecule has 7 unspecified atom stereocenters. The van der Waals surface area contributed by atoms with Gasteiger partial charge in [-0.15, -0.1) is 0 Å². The number of hydrogen-bond acceptors (Lipinski definition) is 11. The summed E-state index contributed by atoms with van der Waals surface area (Å²) in [5.74, 6) is 0.320. The van der Waals surface area contributed by atoms with Crippen molar-refractivity contribution in [1.82, 2.24) is 4.90 Å². The number of phosphoric ester groups is 1. The lowest BCUT2D eigenvalue weighted by atomic mass is 9.74. The summed E-state index contributed by atoms with van der Waals surface area (Å²) in [4.78, 5) is 33.9. The average Bonchev–Trinajstić information content (AvgIpc) is 2.97. The zero-order chi connectivity index (χ0) is 25.0. The maximum Gasteiger partial charge on any atom is 0.469 e. The molecule has 13 nitrogen and oxygen atoms in total. The topological polar surface area (TPSA) is 209 Å². The molecule has 0 aromatic rings. The number of aliphatic hydroxyl groups excluding tert-OH is 2. The van der Waals surface area contributed by atoms with Gasteiger partial charge in [-0.3, -0.25) is 14.5 Å². The van der Waals surface area contributed by atoms with Crippen molar-refractivity contribution in [3.63, 3.8) is 0 Å². The van der Waals surface area contributed by atoms with Gasteiger partial charge in [0, 0.05) is 12.6 Å². The first kappa shape index (κ1) is 25.0. The van der Waals surface area contributed by atoms with Crippen LogP contribution in [-0.2, 0) is 13.8 Å². The molecule has 5 rings (SSSR count). The maximum absolute atomic E-state index is 11.1. The molecule has 0 aromatic carbocycles. The molecule has 8 N–H and O–H groups in total. The number of ether oxygens (including phenoxy) is 1. The van der Waals surface area contributed by atoms with Crippen molar-refractivity contribution in [2.75, 3.05) is 6.61 Å². The van der Waals surface area contributed by atoms with Gasteiger partial charge in [0.1, 0.15) is 47.1 Å². The first-order valence-electron chi connectivity index (χ1n) is 12.0. The van der Waals surface area contributed by atoms with E-state index in [0.717, 1.165) is 44.1 Å². The Labute approximate surface area is 202 Å². The molecule has 1 saturated heterocycles. The van der Waals surface area contributed by atoms with Crippen molar-refractivity contribution in [2.24, 2.45) is 26.4 Å². The number of nitrogens with zero attached hydrogens (tertiary/aromatic N) is 4. The van der Waals surface area contributed by atoms with Crippen LogP contribution in [0.5, 0.6) is 0 Å². The maximum atomic E-state index is 11.1. The minimum absolute atomic E-state index is 0.320. The molecule has 14 heteroatoms. The van der Waals surface area contributed by atoms with Gasteiger partial charge in [-0.05, 0) is 24.8 Å². The van der Waals surface area contributed by atoms with Crippen molar-refractivity contribution in [3.05, 3.63) is 11.3 Å². The number of nitrogens with two attached hydrogens (primary N) is 2. The van der Waals surface area contributed by atoms with Crippen LogP contribution in [0, 0.1) is 0 Å². The Kier molecular flexibility index (Phi) is 6.42. The number of amidine groups is 1. The van der Waals surface area contributed by atoms with Gasteiger partial charge in [-0.1, -0.05) is 25.7 Å². The number of rotatable bonds is 4. The Morgan fingerprint density at radius 3 is 2.63 bits per heavy atom. The van der Waals surface area contributed by atoms with E-state index in [1.54, 1.807) is 4.90 Å². The van der Waals surface area contributed by atoms with Gasteiger partial charge >= 0.3 is 7.82 Å². The van der Waals surface area contributed by atoms with E-state index in [9.17, 15) is 14.8 Å². The lowest BCUT2D eigenvalue weighted by Gasteiger charge is -2.49. The molecule has 35 heavy (non-hydrogen) atoms. The van der Waals surface area contributed by atoms with Crippen molar-refractivity contribution >= 4 is 26.2 Å². The highest BCUT2D eigenvalue weighted by atomic mass is 31.2. The summed E-state index contributed by atoms with van der Waals surface area (Å²) in [6.45, 7) is -0.611. The highest BCUT2D eigenvalue weighted by Crippen LogP contribution is 2.45. The van der Waals surface area contributed by atoms with E-state index in [4.69, 9.17) is 36.0 Å². The minimum Gasteiger partial charge on any atom is -0.387 e. The van der Waals surface area contributed by atoms with Gasteiger partial charge in [0.15, 0.2) is 6.23 Å². The normalized spacial score (nSPS) is 41.6. The molecule has 5 heterocycles. The molecule has 0 radical (unpaired) electrons. The Balaban J connectivity index is 1.52. The summed E-state index contributed by atoms with van der Waals surface area (Å²) in [7, 11) is -4.80. The number of phosphoric acid groups is 1. The number of aliphatic hydroxyl groups is 2. The fourth-order valence-electron chi connectivity index (χ4n) is 5.88. The van der Waals surface area contributed by atoms with Crippen LogP contribution < -0.4 is 11.5 Å². The summed E-state index contributed by atoms with van der Waals surface area (Å²) < 4.78 is 21.5. The van der Waals surface area contributed by atoms with Gasteiger partial charge in [0.2, 0.25) is 0 Å². The summed E-state index contributed by atoms with van der Waals surface area (Å²) in [5.41, 5.74) is 13.3. The van der Waals surface area contributed by atoms with Crippen LogP contribution in [0.2, 0.25) is 0 Å². The molecular weight excluding hydrogens is 479 g/mol. The number of dihydropyridines is 1. The summed E-state index contributed by atoms with van der Waals surface area (Å²) >= 11 is 0. The predicted octanol–water partition coefficient (Wildman–Crippen LogP) is -0.508. The Morgan fingerprint density at radius 1 is 1.17 bits per heavy atom. The Bertz CT molecular complexity index is 1030. The van der Waals surface area contributed by atoms with Gasteiger partial charge < -0.3 is 41.1 Å². The summed E-state index contributed by atoms with van der Waals surface area (Å²) in [6, 6.07) is -0.528. The van der Waals surface area contributed by atoms with Crippen LogP contribution in [0.15, 0.2) is 26.2 Å². The lowest BCUT2D eigenvalue weighted by molar-refractivity contribution is -0.105. The van der Waals surface area contributed by atoms with Crippen molar-refractivity contribution in [1.29, 1.82) is 0 Å². The van der Waals surface area contributed by atoms with E-state index in [0.29, 0.717) is 24.4 Å². The van der Waals surface area contributed by atoms with Crippen molar-refractivity contribution < 1.29 is 33.8 Å². The Hall–Kier alpha value is -1.70. The van der Waals surface area contributed by atoms with E-state index in [1.165, 1.54) is 6.34 Å². The fraction of sp³-hybridized carbons (Fsp3) is 0.762. The van der Waals surface area contributed by atoms with Crippen LogP contribution in [0.4, 0.5) is 0 Å². The molecule has 0 aromatic heterocycles. The second-order valence-corrected chi connectivity index (χ2v) is 11.3. The van der Waals surface area contributed by atoms with Gasteiger partial charge in [0.25, 0.3) is 0 Å². The number of aliphatic imine (C=N–C) groups is 3. The van der Waals surface area contributed by atoms with Gasteiger partial charge in [-0.25, -0.2) is 9.56 Å². The summed E-state index contributed by atoms with van der Waals surface area (Å²) in [5, 5.41) is 21.5. The Morgan fingerprint density at radius 2 is 1.89 bits per heavy atom. The van der Waals surface area contributed by atoms with E-state index in [1.807, 2.05) is 6.21 Å². The highest BCUT2D eigenvalue weighted by molar-refractivity contribution is 7.46. The minimum atomic E-state index is -4.80. The predicted molar refractivity (Wildman–Crippen MR) is 127 cm³/mol. The third-order valence-electron chi connectivity index (χ3n) is 7.65. The standard InChI is InChI=1S/C21H33N6O7P/c22-18-14-12-8-20(26-18)6-4-2-1-3-5-7-21(23,17(12)24-10-20)27(11-25-14)19-16(29)15(28)13(34-19)9-33-35(30,31)32/h10-11,13,15-17,19,28-29H,1-9,23H2,(H2,22,26)(H2,30,31,32). The molecule has 7 atom stereocenters. The average molecular weight is 513 g/mol. The molecule has 0 amide bonds. The quantitative estimate of drug-likeness (QED) is 0.266. The molecule has 3 bridgehead atoms. The molecule has 1 fully saturated rings. The highest BCUT2D eigenvalue weighted by Gasteiger charge is 2.56. The molecule has 5 aliphatic heterocycles. The largest absolute Gasteiger partial charge is 0.469 e. The zero-order valence-corrected chi connectivity index (χ0v) is 20.2. The van der Waals surface area contributed by atoms with E-state index >= 15 is 0 Å². The van der Waals surface area contributed by atoms with Crippen LogP contribution in [0.25, 0.3) is 0 Å². The molecule has 1 spiro atoms. The second-order valence-electron chi connectivity index (χ2n) is 10.1. The van der Waals surface area contributed by atoms with Crippen LogP contribution >= 0.6 is 7.82 Å². The van der Waals surface area contributed by atoms with E-state index < -0.39 is 56.2 Å². The van der Waals surface area contributed by atoms with Crippen LogP contribution in [0.3, 0.4) is 0 Å². The second kappa shape index (κ2) is 9.00.